The highest BCUT2D eigenvalue weighted by molar-refractivity contribution is 7.99. The van der Waals surface area contributed by atoms with Gasteiger partial charge in [-0.1, -0.05) is 0 Å². The number of anilines is 1. The summed E-state index contributed by atoms with van der Waals surface area (Å²) in [4.78, 5) is 10.4. The molecule has 18 heavy (non-hydrogen) atoms. The van der Waals surface area contributed by atoms with E-state index in [-0.39, 0.29) is 10.6 Å². The molecule has 0 saturated carbocycles. The molecule has 4 nitrogen and oxygen atoms in total. The molecule has 1 heterocycles. The van der Waals surface area contributed by atoms with Crippen molar-refractivity contribution in [3.63, 3.8) is 0 Å². The number of nitro benzene ring substituents is 1. The number of hydrogen-bond acceptors (Lipinski definition) is 4. The van der Waals surface area contributed by atoms with Crippen molar-refractivity contribution >= 4 is 23.1 Å². The molecule has 1 saturated heterocycles. The summed E-state index contributed by atoms with van der Waals surface area (Å²) < 4.78 is 0. The highest BCUT2D eigenvalue weighted by Gasteiger charge is 2.14. The Morgan fingerprint density at radius 3 is 2.78 bits per heavy atom. The Morgan fingerprint density at radius 1 is 1.44 bits per heavy atom. The zero-order valence-electron chi connectivity index (χ0n) is 10.5. The van der Waals surface area contributed by atoms with Crippen LogP contribution in [0.1, 0.15) is 18.4 Å². The van der Waals surface area contributed by atoms with Crippen molar-refractivity contribution in [2.24, 2.45) is 5.92 Å². The minimum Gasteiger partial charge on any atom is -0.385 e. The van der Waals surface area contributed by atoms with Crippen LogP contribution in [0.3, 0.4) is 0 Å². The lowest BCUT2D eigenvalue weighted by Crippen LogP contribution is -2.19. The van der Waals surface area contributed by atoms with Crippen LogP contribution in [0.25, 0.3) is 0 Å². The van der Waals surface area contributed by atoms with E-state index in [1.54, 1.807) is 19.1 Å². The van der Waals surface area contributed by atoms with Gasteiger partial charge in [0.05, 0.1) is 4.92 Å². The molecule has 0 radical (unpaired) electrons. The quantitative estimate of drug-likeness (QED) is 0.670. The predicted molar refractivity (Wildman–Crippen MR) is 76.4 cm³/mol. The van der Waals surface area contributed by atoms with Crippen molar-refractivity contribution in [2.45, 2.75) is 19.8 Å². The zero-order valence-corrected chi connectivity index (χ0v) is 11.3. The van der Waals surface area contributed by atoms with Gasteiger partial charge in [-0.3, -0.25) is 10.1 Å². The minimum atomic E-state index is -0.336. The van der Waals surface area contributed by atoms with Gasteiger partial charge in [0.2, 0.25) is 0 Å². The number of rotatable bonds is 4. The average Bonchev–Trinajstić information content (AvgIpc) is 2.37. The van der Waals surface area contributed by atoms with Gasteiger partial charge in [-0.25, -0.2) is 0 Å². The molecule has 0 unspecified atom stereocenters. The Balaban J connectivity index is 1.93. The van der Waals surface area contributed by atoms with Crippen LogP contribution in [0.4, 0.5) is 11.4 Å². The Bertz CT molecular complexity index is 431. The molecule has 0 aromatic heterocycles. The summed E-state index contributed by atoms with van der Waals surface area (Å²) in [7, 11) is 0. The van der Waals surface area contributed by atoms with Crippen LogP contribution in [0.5, 0.6) is 0 Å². The van der Waals surface area contributed by atoms with E-state index in [1.165, 1.54) is 24.3 Å². The number of aryl methyl sites for hydroxylation is 1. The van der Waals surface area contributed by atoms with Crippen molar-refractivity contribution < 1.29 is 4.92 Å². The van der Waals surface area contributed by atoms with E-state index in [1.807, 2.05) is 17.8 Å². The Morgan fingerprint density at radius 2 is 2.17 bits per heavy atom. The monoisotopic (exact) mass is 266 g/mol. The van der Waals surface area contributed by atoms with Gasteiger partial charge >= 0.3 is 0 Å². The highest BCUT2D eigenvalue weighted by atomic mass is 32.2. The van der Waals surface area contributed by atoms with Crippen molar-refractivity contribution in [1.82, 2.24) is 0 Å². The van der Waals surface area contributed by atoms with E-state index in [0.29, 0.717) is 5.56 Å². The molecule has 0 spiro atoms. The lowest BCUT2D eigenvalue weighted by Gasteiger charge is -2.22. The van der Waals surface area contributed by atoms with Crippen LogP contribution in [-0.2, 0) is 0 Å². The fraction of sp³-hybridized carbons (Fsp3) is 0.538. The third kappa shape index (κ3) is 3.38. The van der Waals surface area contributed by atoms with E-state index >= 15 is 0 Å². The third-order valence-electron chi connectivity index (χ3n) is 3.33. The fourth-order valence-electron chi connectivity index (χ4n) is 2.18. The Kier molecular flexibility index (Phi) is 4.47. The average molecular weight is 266 g/mol. The van der Waals surface area contributed by atoms with Crippen LogP contribution in [0.2, 0.25) is 0 Å². The van der Waals surface area contributed by atoms with Crippen LogP contribution in [0.15, 0.2) is 18.2 Å². The first-order chi connectivity index (χ1) is 8.66. The second kappa shape index (κ2) is 6.09. The maximum Gasteiger partial charge on any atom is 0.272 e. The van der Waals surface area contributed by atoms with Gasteiger partial charge in [-0.2, -0.15) is 11.8 Å². The topological polar surface area (TPSA) is 55.2 Å². The van der Waals surface area contributed by atoms with Gasteiger partial charge < -0.3 is 5.32 Å². The molecule has 1 aromatic rings. The van der Waals surface area contributed by atoms with Crippen LogP contribution < -0.4 is 5.32 Å². The molecule has 0 atom stereocenters. The molecular formula is C13H18N2O2S. The standard InChI is InChI=1S/C13H18N2O2S/c1-10-8-12(2-3-13(10)15(16)17)14-9-11-4-6-18-7-5-11/h2-3,8,11,14H,4-7,9H2,1H3. The number of benzene rings is 1. The molecule has 0 bridgehead atoms. The number of nitrogens with one attached hydrogen (secondary N) is 1. The summed E-state index contributed by atoms with van der Waals surface area (Å²) in [5.74, 6) is 3.25. The van der Waals surface area contributed by atoms with Gasteiger partial charge in [-0.05, 0) is 49.3 Å². The predicted octanol–water partition coefficient (Wildman–Crippen LogP) is 3.46. The summed E-state index contributed by atoms with van der Waals surface area (Å²) in [5, 5.41) is 14.1. The lowest BCUT2D eigenvalue weighted by molar-refractivity contribution is -0.385. The normalized spacial score (nSPS) is 16.5. The van der Waals surface area contributed by atoms with Gasteiger partial charge in [-0.15, -0.1) is 0 Å². The van der Waals surface area contributed by atoms with Crippen molar-refractivity contribution in [3.05, 3.63) is 33.9 Å². The highest BCUT2D eigenvalue weighted by Crippen LogP contribution is 2.25. The summed E-state index contributed by atoms with van der Waals surface area (Å²) in [6.07, 6.45) is 2.53. The first kappa shape index (κ1) is 13.2. The SMILES string of the molecule is Cc1cc(NCC2CCSCC2)ccc1[N+](=O)[O-]. The molecule has 2 rings (SSSR count). The summed E-state index contributed by atoms with van der Waals surface area (Å²) in [6.45, 7) is 2.75. The van der Waals surface area contributed by atoms with Crippen LogP contribution in [0, 0.1) is 23.0 Å². The molecule has 0 amide bonds. The molecule has 98 valence electrons. The number of nitrogens with zero attached hydrogens (tertiary/aromatic N) is 1. The van der Waals surface area contributed by atoms with Crippen molar-refractivity contribution in [1.29, 1.82) is 0 Å². The molecular weight excluding hydrogens is 248 g/mol. The van der Waals surface area contributed by atoms with E-state index < -0.39 is 0 Å². The molecule has 0 aliphatic carbocycles. The summed E-state index contributed by atoms with van der Waals surface area (Å²) in [6, 6.07) is 5.23. The maximum absolute atomic E-state index is 10.7. The molecule has 1 N–H and O–H groups in total. The summed E-state index contributed by atoms with van der Waals surface area (Å²) >= 11 is 2.03. The van der Waals surface area contributed by atoms with Gasteiger partial charge in [0.1, 0.15) is 0 Å². The molecule has 1 fully saturated rings. The van der Waals surface area contributed by atoms with Gasteiger partial charge in [0.25, 0.3) is 5.69 Å². The molecule has 5 heteroatoms. The molecule has 1 aliphatic rings. The summed E-state index contributed by atoms with van der Waals surface area (Å²) in [5.41, 5.74) is 1.88. The van der Waals surface area contributed by atoms with Gasteiger partial charge in [0, 0.05) is 23.9 Å². The van der Waals surface area contributed by atoms with Crippen LogP contribution >= 0.6 is 11.8 Å². The largest absolute Gasteiger partial charge is 0.385 e. The van der Waals surface area contributed by atoms with Crippen molar-refractivity contribution in [3.8, 4) is 0 Å². The number of nitro groups is 1. The number of hydrogen-bond donors (Lipinski definition) is 1. The maximum atomic E-state index is 10.7. The minimum absolute atomic E-state index is 0.189. The Labute approximate surface area is 111 Å². The Hall–Kier alpha value is -1.23. The zero-order chi connectivity index (χ0) is 13.0. The van der Waals surface area contributed by atoms with E-state index in [0.717, 1.165) is 18.2 Å². The molecule has 1 aliphatic heterocycles. The lowest BCUT2D eigenvalue weighted by atomic mass is 10.0. The smallest absolute Gasteiger partial charge is 0.272 e. The second-order valence-electron chi connectivity index (χ2n) is 4.70. The van der Waals surface area contributed by atoms with Gasteiger partial charge in [0.15, 0.2) is 0 Å². The van der Waals surface area contributed by atoms with E-state index in [9.17, 15) is 10.1 Å². The number of thioether (sulfide) groups is 1. The fourth-order valence-corrected chi connectivity index (χ4v) is 3.39. The van der Waals surface area contributed by atoms with Crippen molar-refractivity contribution in [2.75, 3.05) is 23.4 Å². The van der Waals surface area contributed by atoms with E-state index in [4.69, 9.17) is 0 Å². The third-order valence-corrected chi connectivity index (χ3v) is 4.38. The molecule has 1 aromatic carbocycles. The first-order valence-corrected chi connectivity index (χ1v) is 7.39. The first-order valence-electron chi connectivity index (χ1n) is 6.23. The van der Waals surface area contributed by atoms with Crippen LogP contribution in [-0.4, -0.2) is 23.0 Å². The van der Waals surface area contributed by atoms with E-state index in [2.05, 4.69) is 5.32 Å². The second-order valence-corrected chi connectivity index (χ2v) is 5.92.